The standard InChI is InChI=1S/C14H7S/c1-2-9-4-5-11-8-15-12-7-6-10(3-1)13(9)14(11)12/h1-7H. The third-order valence-electron chi connectivity index (χ3n) is 3.01. The van der Waals surface area contributed by atoms with Gasteiger partial charge in [0.25, 0.3) is 0 Å². The van der Waals surface area contributed by atoms with Crippen LogP contribution in [-0.2, 0) is 0 Å². The van der Waals surface area contributed by atoms with E-state index >= 15 is 0 Å². The van der Waals surface area contributed by atoms with Crippen LogP contribution in [0.25, 0.3) is 31.6 Å². The minimum Gasteiger partial charge on any atom is -0.134 e. The summed E-state index contributed by atoms with van der Waals surface area (Å²) < 4.78 is 1.34. The van der Waals surface area contributed by atoms with E-state index in [1.165, 1.54) is 31.6 Å². The molecule has 0 fully saturated rings. The quantitative estimate of drug-likeness (QED) is 0.399. The monoisotopic (exact) mass is 207 g/mol. The number of hydrogen-bond acceptors (Lipinski definition) is 1. The highest BCUT2D eigenvalue weighted by Gasteiger charge is 2.08. The van der Waals surface area contributed by atoms with Crippen LogP contribution in [-0.4, -0.2) is 0 Å². The van der Waals surface area contributed by atoms with E-state index in [-0.39, 0.29) is 0 Å². The van der Waals surface area contributed by atoms with Crippen LogP contribution < -0.4 is 0 Å². The van der Waals surface area contributed by atoms with Crippen LogP contribution >= 0.6 is 11.3 Å². The Balaban J connectivity index is 2.54. The SMILES string of the molecule is [c]1sc2ccc3cccc4ccc1c2c43. The Hall–Kier alpha value is -1.60. The van der Waals surface area contributed by atoms with Gasteiger partial charge in [-0.2, -0.15) is 0 Å². The van der Waals surface area contributed by atoms with Crippen molar-refractivity contribution in [3.63, 3.8) is 0 Å². The third-order valence-corrected chi connectivity index (χ3v) is 3.89. The first-order valence-electron chi connectivity index (χ1n) is 4.97. The van der Waals surface area contributed by atoms with Gasteiger partial charge < -0.3 is 0 Å². The highest BCUT2D eigenvalue weighted by molar-refractivity contribution is 7.17. The van der Waals surface area contributed by atoms with Gasteiger partial charge in [0.05, 0.1) is 5.38 Å². The molecule has 0 aliphatic rings. The molecule has 0 N–H and O–H groups in total. The van der Waals surface area contributed by atoms with Crippen molar-refractivity contribution < 1.29 is 0 Å². The topological polar surface area (TPSA) is 0 Å². The number of benzene rings is 3. The third kappa shape index (κ3) is 0.864. The maximum absolute atomic E-state index is 3.35. The molecule has 1 radical (unpaired) electrons. The molecule has 0 nitrogen and oxygen atoms in total. The van der Waals surface area contributed by atoms with E-state index in [1.807, 2.05) is 0 Å². The van der Waals surface area contributed by atoms with E-state index in [1.54, 1.807) is 11.3 Å². The molecule has 0 amide bonds. The van der Waals surface area contributed by atoms with E-state index in [0.29, 0.717) is 0 Å². The fourth-order valence-electron chi connectivity index (χ4n) is 2.33. The summed E-state index contributed by atoms with van der Waals surface area (Å²) in [5.41, 5.74) is 0. The smallest absolute Gasteiger partial charge is 0.0534 e. The molecule has 0 aliphatic carbocycles. The normalized spacial score (nSPS) is 12.0. The second-order valence-electron chi connectivity index (χ2n) is 3.84. The summed E-state index contributed by atoms with van der Waals surface area (Å²) in [6.45, 7) is 0. The summed E-state index contributed by atoms with van der Waals surface area (Å²) in [4.78, 5) is 0. The molecule has 0 spiro atoms. The minimum atomic E-state index is 1.25. The number of hydrogen-bond donors (Lipinski definition) is 0. The molecule has 1 heterocycles. The average molecular weight is 207 g/mol. The predicted molar refractivity (Wildman–Crippen MR) is 66.9 cm³/mol. The zero-order valence-electron chi connectivity index (χ0n) is 7.95. The van der Waals surface area contributed by atoms with Crippen molar-refractivity contribution >= 4 is 43.0 Å². The van der Waals surface area contributed by atoms with Gasteiger partial charge in [0.1, 0.15) is 0 Å². The van der Waals surface area contributed by atoms with Gasteiger partial charge in [-0.05, 0) is 22.2 Å². The van der Waals surface area contributed by atoms with Crippen molar-refractivity contribution in [2.24, 2.45) is 0 Å². The van der Waals surface area contributed by atoms with Crippen molar-refractivity contribution in [3.8, 4) is 0 Å². The molecular formula is C14H7S. The second-order valence-corrected chi connectivity index (χ2v) is 4.68. The maximum Gasteiger partial charge on any atom is 0.0534 e. The molecule has 3 aromatic carbocycles. The number of rotatable bonds is 0. The molecule has 0 saturated carbocycles. The molecule has 0 atom stereocenters. The number of thiophene rings is 1. The summed E-state index contributed by atoms with van der Waals surface area (Å²) in [6, 6.07) is 15.2. The zero-order chi connectivity index (χ0) is 9.83. The van der Waals surface area contributed by atoms with E-state index < -0.39 is 0 Å². The lowest BCUT2D eigenvalue weighted by atomic mass is 9.99. The van der Waals surface area contributed by atoms with Crippen LogP contribution in [0.1, 0.15) is 0 Å². The lowest BCUT2D eigenvalue weighted by molar-refractivity contribution is 1.83. The molecule has 0 saturated heterocycles. The average Bonchev–Trinajstić information content (AvgIpc) is 2.71. The van der Waals surface area contributed by atoms with Crippen molar-refractivity contribution in [2.75, 3.05) is 0 Å². The second kappa shape index (κ2) is 2.50. The summed E-state index contributed by atoms with van der Waals surface area (Å²) in [6.07, 6.45) is 0. The molecule has 1 aromatic heterocycles. The first-order chi connectivity index (χ1) is 7.43. The van der Waals surface area contributed by atoms with Crippen LogP contribution in [0.5, 0.6) is 0 Å². The molecule has 69 valence electrons. The van der Waals surface area contributed by atoms with Gasteiger partial charge in [0.2, 0.25) is 0 Å². The molecule has 15 heavy (non-hydrogen) atoms. The highest BCUT2D eigenvalue weighted by Crippen LogP contribution is 2.37. The van der Waals surface area contributed by atoms with E-state index in [9.17, 15) is 0 Å². The van der Waals surface area contributed by atoms with Gasteiger partial charge in [0, 0.05) is 15.5 Å². The summed E-state index contributed by atoms with van der Waals surface area (Å²) >= 11 is 1.71. The fourth-order valence-corrected chi connectivity index (χ4v) is 3.17. The van der Waals surface area contributed by atoms with E-state index in [2.05, 4.69) is 47.8 Å². The van der Waals surface area contributed by atoms with Gasteiger partial charge >= 0.3 is 0 Å². The Morgan fingerprint density at radius 2 is 1.60 bits per heavy atom. The van der Waals surface area contributed by atoms with Crippen LogP contribution in [0, 0.1) is 5.38 Å². The predicted octanol–water partition coefficient (Wildman–Crippen LogP) is 4.45. The molecule has 0 bridgehead atoms. The lowest BCUT2D eigenvalue weighted by Gasteiger charge is -2.04. The van der Waals surface area contributed by atoms with Gasteiger partial charge in [0.15, 0.2) is 0 Å². The van der Waals surface area contributed by atoms with Gasteiger partial charge in [-0.1, -0.05) is 36.4 Å². The van der Waals surface area contributed by atoms with Crippen molar-refractivity contribution in [1.82, 2.24) is 0 Å². The summed E-state index contributed by atoms with van der Waals surface area (Å²) in [7, 11) is 0. The lowest BCUT2D eigenvalue weighted by Crippen LogP contribution is -1.77. The van der Waals surface area contributed by atoms with Gasteiger partial charge in [-0.25, -0.2) is 0 Å². The van der Waals surface area contributed by atoms with Gasteiger partial charge in [-0.15, -0.1) is 11.3 Å². The summed E-state index contributed by atoms with van der Waals surface area (Å²) in [5.74, 6) is 0. The first kappa shape index (κ1) is 7.66. The fraction of sp³-hybridized carbons (Fsp3) is 0. The zero-order valence-corrected chi connectivity index (χ0v) is 8.77. The largest absolute Gasteiger partial charge is 0.134 e. The van der Waals surface area contributed by atoms with Crippen LogP contribution in [0.2, 0.25) is 0 Å². The van der Waals surface area contributed by atoms with Crippen LogP contribution in [0.4, 0.5) is 0 Å². The molecule has 4 aromatic rings. The highest BCUT2D eigenvalue weighted by atomic mass is 32.1. The Morgan fingerprint density at radius 1 is 0.800 bits per heavy atom. The minimum absolute atomic E-state index is 1.25. The van der Waals surface area contributed by atoms with E-state index in [0.717, 1.165) is 0 Å². The Kier molecular flexibility index (Phi) is 1.28. The van der Waals surface area contributed by atoms with Gasteiger partial charge in [-0.3, -0.25) is 0 Å². The van der Waals surface area contributed by atoms with Crippen LogP contribution in [0.3, 0.4) is 0 Å². The van der Waals surface area contributed by atoms with Crippen molar-refractivity contribution in [1.29, 1.82) is 0 Å². The van der Waals surface area contributed by atoms with Crippen LogP contribution in [0.15, 0.2) is 42.5 Å². The Labute approximate surface area is 91.1 Å². The maximum atomic E-state index is 3.35. The molecule has 4 rings (SSSR count). The Morgan fingerprint density at radius 3 is 2.47 bits per heavy atom. The van der Waals surface area contributed by atoms with Crippen molar-refractivity contribution in [2.45, 2.75) is 0 Å². The first-order valence-corrected chi connectivity index (χ1v) is 5.79. The Bertz CT molecular complexity index is 704. The molecular weight excluding hydrogens is 200 g/mol. The summed E-state index contributed by atoms with van der Waals surface area (Å²) in [5, 5.41) is 10.0. The van der Waals surface area contributed by atoms with E-state index in [4.69, 9.17) is 0 Å². The molecule has 0 unspecified atom stereocenters. The van der Waals surface area contributed by atoms with Crippen molar-refractivity contribution in [3.05, 3.63) is 47.8 Å². The molecule has 0 aliphatic heterocycles. The molecule has 1 heteroatoms.